The first-order valence-electron chi connectivity index (χ1n) is 2.88. The molecule has 1 N–H and O–H groups in total. The van der Waals surface area contributed by atoms with E-state index in [-0.39, 0.29) is 5.16 Å². The van der Waals surface area contributed by atoms with Gasteiger partial charge in [0.25, 0.3) is 5.16 Å². The molecule has 1 aromatic rings. The van der Waals surface area contributed by atoms with Crippen LogP contribution in [0.15, 0.2) is 11.4 Å². The van der Waals surface area contributed by atoms with Crippen molar-refractivity contribution < 1.29 is 13.0 Å². The third-order valence-corrected chi connectivity index (χ3v) is 2.03. The van der Waals surface area contributed by atoms with E-state index in [4.69, 9.17) is 4.55 Å². The monoisotopic (exact) mass is 176 g/mol. The number of imidazole rings is 1. The van der Waals surface area contributed by atoms with E-state index in [1.165, 1.54) is 17.8 Å². The molecular weight excluding hydrogens is 168 g/mol. The Labute approximate surface area is 64.4 Å². The van der Waals surface area contributed by atoms with Crippen molar-refractivity contribution in [3.05, 3.63) is 11.9 Å². The van der Waals surface area contributed by atoms with Gasteiger partial charge in [-0.1, -0.05) is 0 Å². The van der Waals surface area contributed by atoms with Crippen LogP contribution in [0.3, 0.4) is 0 Å². The summed E-state index contributed by atoms with van der Waals surface area (Å²) in [7, 11) is -2.66. The zero-order chi connectivity index (χ0) is 8.65. The molecule has 11 heavy (non-hydrogen) atoms. The molecule has 0 aliphatic carbocycles. The first kappa shape index (κ1) is 8.22. The number of aromatic nitrogens is 2. The molecule has 0 aromatic carbocycles. The lowest BCUT2D eigenvalue weighted by Gasteiger charge is -1.93. The minimum absolute atomic E-state index is 0.324. The Bertz CT molecular complexity index is 365. The van der Waals surface area contributed by atoms with E-state index in [0.717, 1.165) is 0 Å². The molecule has 0 atom stereocenters. The second-order valence-corrected chi connectivity index (χ2v) is 3.57. The summed E-state index contributed by atoms with van der Waals surface area (Å²) >= 11 is 0. The lowest BCUT2D eigenvalue weighted by molar-refractivity contribution is 0.468. The Kier molecular flexibility index (Phi) is 1.73. The molecule has 5 nitrogen and oxygen atoms in total. The molecule has 0 amide bonds. The Morgan fingerprint density at radius 2 is 2.18 bits per heavy atom. The molecule has 1 heterocycles. The molecule has 0 spiro atoms. The highest BCUT2D eigenvalue weighted by atomic mass is 32.2. The van der Waals surface area contributed by atoms with Gasteiger partial charge in [0, 0.05) is 13.2 Å². The summed E-state index contributed by atoms with van der Waals surface area (Å²) in [6, 6.07) is 0. The van der Waals surface area contributed by atoms with Gasteiger partial charge < -0.3 is 4.57 Å². The highest BCUT2D eigenvalue weighted by Gasteiger charge is 2.15. The maximum atomic E-state index is 10.5. The molecule has 62 valence electrons. The van der Waals surface area contributed by atoms with Crippen LogP contribution in [0.1, 0.15) is 5.69 Å². The summed E-state index contributed by atoms with van der Waals surface area (Å²) in [5, 5.41) is -0.324. The van der Waals surface area contributed by atoms with Crippen LogP contribution < -0.4 is 0 Å². The summed E-state index contributed by atoms with van der Waals surface area (Å²) in [5.74, 6) is 0. The zero-order valence-electron chi connectivity index (χ0n) is 6.14. The van der Waals surface area contributed by atoms with E-state index in [1.807, 2.05) is 0 Å². The number of nitrogens with zero attached hydrogens (tertiary/aromatic N) is 2. The van der Waals surface area contributed by atoms with Crippen molar-refractivity contribution in [3.8, 4) is 0 Å². The SMILES string of the molecule is Cc1cn(C)c(S(=O)(=O)O)n1. The van der Waals surface area contributed by atoms with Gasteiger partial charge in [0.1, 0.15) is 0 Å². The largest absolute Gasteiger partial charge is 0.328 e. The summed E-state index contributed by atoms with van der Waals surface area (Å²) < 4.78 is 30.9. The normalized spacial score (nSPS) is 11.9. The first-order valence-corrected chi connectivity index (χ1v) is 4.33. The Morgan fingerprint density at radius 3 is 2.36 bits per heavy atom. The van der Waals surface area contributed by atoms with Crippen molar-refractivity contribution >= 4 is 10.1 Å². The molecule has 0 unspecified atom stereocenters. The fourth-order valence-electron chi connectivity index (χ4n) is 0.834. The van der Waals surface area contributed by atoms with Crippen molar-refractivity contribution in [2.45, 2.75) is 12.1 Å². The van der Waals surface area contributed by atoms with Gasteiger partial charge >= 0.3 is 10.1 Å². The van der Waals surface area contributed by atoms with Gasteiger partial charge in [-0.2, -0.15) is 8.42 Å². The van der Waals surface area contributed by atoms with Crippen LogP contribution >= 0.6 is 0 Å². The van der Waals surface area contributed by atoms with Crippen molar-refractivity contribution in [1.82, 2.24) is 9.55 Å². The lowest BCUT2D eigenvalue weighted by Crippen LogP contribution is -2.05. The quantitative estimate of drug-likeness (QED) is 0.610. The molecule has 0 radical (unpaired) electrons. The molecule has 0 saturated heterocycles. The molecule has 0 bridgehead atoms. The highest BCUT2D eigenvalue weighted by Crippen LogP contribution is 2.05. The third kappa shape index (κ3) is 1.58. The average molecular weight is 176 g/mol. The summed E-state index contributed by atoms with van der Waals surface area (Å²) in [6.07, 6.45) is 1.52. The van der Waals surface area contributed by atoms with Crippen LogP contribution in [0.25, 0.3) is 0 Å². The predicted octanol–water partition coefficient (Wildman–Crippen LogP) is -0.0248. The van der Waals surface area contributed by atoms with E-state index in [1.54, 1.807) is 6.92 Å². The van der Waals surface area contributed by atoms with Gasteiger partial charge in [-0.15, -0.1) is 0 Å². The van der Waals surface area contributed by atoms with Crippen LogP contribution in [-0.2, 0) is 17.2 Å². The van der Waals surface area contributed by atoms with Crippen molar-refractivity contribution in [3.63, 3.8) is 0 Å². The lowest BCUT2D eigenvalue weighted by atomic mass is 10.6. The number of hydrogen-bond donors (Lipinski definition) is 1. The van der Waals surface area contributed by atoms with Crippen molar-refractivity contribution in [1.29, 1.82) is 0 Å². The van der Waals surface area contributed by atoms with Gasteiger partial charge in [-0.25, -0.2) is 4.98 Å². The van der Waals surface area contributed by atoms with E-state index in [9.17, 15) is 8.42 Å². The molecule has 0 aliphatic rings. The molecule has 0 saturated carbocycles. The van der Waals surface area contributed by atoms with Crippen molar-refractivity contribution in [2.75, 3.05) is 0 Å². The van der Waals surface area contributed by atoms with Gasteiger partial charge in [-0.3, -0.25) is 4.55 Å². The fourth-order valence-corrected chi connectivity index (χ4v) is 1.51. The van der Waals surface area contributed by atoms with E-state index >= 15 is 0 Å². The Hall–Kier alpha value is -0.880. The Balaban J connectivity index is 3.36. The number of hydrogen-bond acceptors (Lipinski definition) is 3. The smallest absolute Gasteiger partial charge is 0.323 e. The molecule has 1 aromatic heterocycles. The van der Waals surface area contributed by atoms with E-state index in [2.05, 4.69) is 4.98 Å². The van der Waals surface area contributed by atoms with E-state index < -0.39 is 10.1 Å². The first-order chi connectivity index (χ1) is 4.91. The minimum Gasteiger partial charge on any atom is -0.323 e. The number of rotatable bonds is 1. The maximum Gasteiger partial charge on any atom is 0.328 e. The van der Waals surface area contributed by atoms with Gasteiger partial charge in [-0.05, 0) is 6.92 Å². The molecular formula is C5H8N2O3S. The second kappa shape index (κ2) is 2.31. The second-order valence-electron chi connectivity index (χ2n) is 2.25. The van der Waals surface area contributed by atoms with Gasteiger partial charge in [0.2, 0.25) is 0 Å². The highest BCUT2D eigenvalue weighted by molar-refractivity contribution is 7.85. The Morgan fingerprint density at radius 1 is 1.64 bits per heavy atom. The molecule has 1 rings (SSSR count). The third-order valence-electron chi connectivity index (χ3n) is 1.18. The van der Waals surface area contributed by atoms with Crippen LogP contribution in [-0.4, -0.2) is 22.5 Å². The van der Waals surface area contributed by atoms with Crippen LogP contribution in [0.5, 0.6) is 0 Å². The van der Waals surface area contributed by atoms with E-state index in [0.29, 0.717) is 5.69 Å². The van der Waals surface area contributed by atoms with Gasteiger partial charge in [0.15, 0.2) is 0 Å². The zero-order valence-corrected chi connectivity index (χ0v) is 6.96. The predicted molar refractivity (Wildman–Crippen MR) is 37.8 cm³/mol. The van der Waals surface area contributed by atoms with Gasteiger partial charge in [0.05, 0.1) is 5.69 Å². The molecule has 0 aliphatic heterocycles. The van der Waals surface area contributed by atoms with Crippen LogP contribution in [0.2, 0.25) is 0 Å². The van der Waals surface area contributed by atoms with Crippen LogP contribution in [0.4, 0.5) is 0 Å². The van der Waals surface area contributed by atoms with Crippen molar-refractivity contribution in [2.24, 2.45) is 7.05 Å². The molecule has 0 fully saturated rings. The summed E-state index contributed by atoms with van der Waals surface area (Å²) in [6.45, 7) is 1.65. The molecule has 6 heteroatoms. The maximum absolute atomic E-state index is 10.5. The average Bonchev–Trinajstić information content (AvgIpc) is 2.08. The van der Waals surface area contributed by atoms with Crippen LogP contribution in [0, 0.1) is 6.92 Å². The summed E-state index contributed by atoms with van der Waals surface area (Å²) in [4.78, 5) is 3.61. The number of aryl methyl sites for hydroxylation is 2. The fraction of sp³-hybridized carbons (Fsp3) is 0.400. The minimum atomic E-state index is -4.16. The topological polar surface area (TPSA) is 72.2 Å². The standard InChI is InChI=1S/C5H8N2O3S/c1-4-3-7(2)5(6-4)11(8,9)10/h3H,1-2H3,(H,8,9,10). The summed E-state index contributed by atoms with van der Waals surface area (Å²) in [5.41, 5.74) is 0.556.